The van der Waals surface area contributed by atoms with Gasteiger partial charge in [-0.3, -0.25) is 0 Å². The minimum Gasteiger partial charge on any atom is -0.378 e. The third-order valence-corrected chi connectivity index (χ3v) is 3.81. The van der Waals surface area contributed by atoms with Crippen LogP contribution in [0, 0.1) is 5.92 Å². The van der Waals surface area contributed by atoms with Crippen LogP contribution in [-0.2, 0) is 0 Å². The molecule has 0 aliphatic heterocycles. The van der Waals surface area contributed by atoms with E-state index in [-0.39, 0.29) is 5.54 Å². The predicted octanol–water partition coefficient (Wildman–Crippen LogP) is 3.01. The van der Waals surface area contributed by atoms with Crippen molar-refractivity contribution in [1.82, 2.24) is 0 Å². The lowest BCUT2D eigenvalue weighted by Crippen LogP contribution is -2.48. The van der Waals surface area contributed by atoms with Gasteiger partial charge in [0.15, 0.2) is 0 Å². The van der Waals surface area contributed by atoms with E-state index >= 15 is 0 Å². The molecule has 1 aliphatic carbocycles. The Morgan fingerprint density at radius 3 is 2.44 bits per heavy atom. The summed E-state index contributed by atoms with van der Waals surface area (Å²) in [5.74, 6) is 0.859. The summed E-state index contributed by atoms with van der Waals surface area (Å²) in [5, 5.41) is 3.64. The minimum absolute atomic E-state index is 0.133. The number of para-hydroxylation sites is 1. The Hall–Kier alpha value is -1.02. The first-order chi connectivity index (χ1) is 7.74. The Kier molecular flexibility index (Phi) is 3.49. The van der Waals surface area contributed by atoms with Gasteiger partial charge in [0.05, 0.1) is 0 Å². The van der Waals surface area contributed by atoms with Crippen LogP contribution in [0.25, 0.3) is 0 Å². The number of benzene rings is 1. The molecular weight excluding hydrogens is 196 g/mol. The standard InChI is InChI=1S/C14H22N2/c1-12-7-9-14(11-15,10-8-12)16-13-5-3-2-4-6-13/h2-6,12,16H,7-11,15H2,1H3. The highest BCUT2D eigenvalue weighted by Gasteiger charge is 2.32. The van der Waals surface area contributed by atoms with E-state index in [2.05, 4.69) is 36.5 Å². The summed E-state index contributed by atoms with van der Waals surface area (Å²) in [7, 11) is 0. The first-order valence-corrected chi connectivity index (χ1v) is 6.27. The molecule has 2 rings (SSSR count). The van der Waals surface area contributed by atoms with Crippen molar-refractivity contribution >= 4 is 5.69 Å². The number of nitrogens with one attached hydrogen (secondary N) is 1. The van der Waals surface area contributed by atoms with Crippen molar-refractivity contribution in [2.24, 2.45) is 11.7 Å². The van der Waals surface area contributed by atoms with Gasteiger partial charge in [0.25, 0.3) is 0 Å². The fourth-order valence-corrected chi connectivity index (χ4v) is 2.52. The highest BCUT2D eigenvalue weighted by atomic mass is 15.0. The molecule has 0 spiro atoms. The summed E-state index contributed by atoms with van der Waals surface area (Å²) in [4.78, 5) is 0. The molecule has 0 heterocycles. The molecule has 2 nitrogen and oxygen atoms in total. The lowest BCUT2D eigenvalue weighted by atomic mass is 9.77. The van der Waals surface area contributed by atoms with E-state index in [0.717, 1.165) is 12.5 Å². The molecule has 0 amide bonds. The highest BCUT2D eigenvalue weighted by Crippen LogP contribution is 2.33. The zero-order valence-corrected chi connectivity index (χ0v) is 10.1. The van der Waals surface area contributed by atoms with Gasteiger partial charge in [0.2, 0.25) is 0 Å². The average Bonchev–Trinajstić information content (AvgIpc) is 2.34. The van der Waals surface area contributed by atoms with E-state index in [1.54, 1.807) is 0 Å². The third kappa shape index (κ3) is 2.56. The molecule has 0 aromatic heterocycles. The van der Waals surface area contributed by atoms with Crippen molar-refractivity contribution in [1.29, 1.82) is 0 Å². The van der Waals surface area contributed by atoms with Gasteiger partial charge in [-0.1, -0.05) is 25.1 Å². The van der Waals surface area contributed by atoms with E-state index < -0.39 is 0 Å². The molecule has 16 heavy (non-hydrogen) atoms. The van der Waals surface area contributed by atoms with Crippen LogP contribution in [0.2, 0.25) is 0 Å². The summed E-state index contributed by atoms with van der Waals surface area (Å²) in [6.07, 6.45) is 4.97. The van der Waals surface area contributed by atoms with Crippen molar-refractivity contribution < 1.29 is 0 Å². The smallest absolute Gasteiger partial charge is 0.0495 e. The topological polar surface area (TPSA) is 38.0 Å². The van der Waals surface area contributed by atoms with Crippen LogP contribution in [-0.4, -0.2) is 12.1 Å². The lowest BCUT2D eigenvalue weighted by molar-refractivity contribution is 0.272. The van der Waals surface area contributed by atoms with Crippen molar-refractivity contribution in [3.05, 3.63) is 30.3 Å². The monoisotopic (exact) mass is 218 g/mol. The van der Waals surface area contributed by atoms with Crippen LogP contribution < -0.4 is 11.1 Å². The van der Waals surface area contributed by atoms with Crippen molar-refractivity contribution in [2.75, 3.05) is 11.9 Å². The largest absolute Gasteiger partial charge is 0.378 e. The van der Waals surface area contributed by atoms with Crippen LogP contribution in [0.4, 0.5) is 5.69 Å². The van der Waals surface area contributed by atoms with Crippen LogP contribution in [0.1, 0.15) is 32.6 Å². The van der Waals surface area contributed by atoms with E-state index in [0.29, 0.717) is 0 Å². The molecule has 3 N–H and O–H groups in total. The van der Waals surface area contributed by atoms with E-state index in [4.69, 9.17) is 5.73 Å². The molecule has 1 saturated carbocycles. The number of nitrogens with two attached hydrogens (primary N) is 1. The zero-order chi connectivity index (χ0) is 11.4. The summed E-state index contributed by atoms with van der Waals surface area (Å²) >= 11 is 0. The van der Waals surface area contributed by atoms with Crippen LogP contribution >= 0.6 is 0 Å². The first-order valence-electron chi connectivity index (χ1n) is 6.27. The Balaban J connectivity index is 2.05. The quantitative estimate of drug-likeness (QED) is 0.818. The van der Waals surface area contributed by atoms with Gasteiger partial charge in [0.1, 0.15) is 0 Å². The van der Waals surface area contributed by atoms with Crippen LogP contribution in [0.5, 0.6) is 0 Å². The fraction of sp³-hybridized carbons (Fsp3) is 0.571. The highest BCUT2D eigenvalue weighted by molar-refractivity contribution is 5.45. The van der Waals surface area contributed by atoms with E-state index in [1.807, 2.05) is 6.07 Å². The lowest BCUT2D eigenvalue weighted by Gasteiger charge is -2.40. The van der Waals surface area contributed by atoms with Crippen molar-refractivity contribution in [3.63, 3.8) is 0 Å². The number of hydrogen-bond acceptors (Lipinski definition) is 2. The fourth-order valence-electron chi connectivity index (χ4n) is 2.52. The van der Waals surface area contributed by atoms with Crippen LogP contribution in [0.15, 0.2) is 30.3 Å². The second-order valence-corrected chi connectivity index (χ2v) is 5.16. The van der Waals surface area contributed by atoms with Gasteiger partial charge in [0, 0.05) is 17.8 Å². The second kappa shape index (κ2) is 4.88. The maximum atomic E-state index is 5.97. The molecule has 1 aliphatic rings. The third-order valence-electron chi connectivity index (χ3n) is 3.81. The molecule has 2 heteroatoms. The van der Waals surface area contributed by atoms with Gasteiger partial charge < -0.3 is 11.1 Å². The summed E-state index contributed by atoms with van der Waals surface area (Å²) in [6.45, 7) is 3.07. The molecule has 0 bridgehead atoms. The van der Waals surface area contributed by atoms with E-state index in [9.17, 15) is 0 Å². The molecule has 0 atom stereocenters. The van der Waals surface area contributed by atoms with Gasteiger partial charge >= 0.3 is 0 Å². The number of anilines is 1. The minimum atomic E-state index is 0.133. The number of rotatable bonds is 3. The summed E-state index contributed by atoms with van der Waals surface area (Å²) in [5.41, 5.74) is 7.30. The molecule has 88 valence electrons. The maximum absolute atomic E-state index is 5.97. The zero-order valence-electron chi connectivity index (χ0n) is 10.1. The van der Waals surface area contributed by atoms with Crippen molar-refractivity contribution in [3.8, 4) is 0 Å². The Labute approximate surface area is 98.2 Å². The van der Waals surface area contributed by atoms with Gasteiger partial charge in [-0.15, -0.1) is 0 Å². The molecular formula is C14H22N2. The molecule has 1 aromatic rings. The van der Waals surface area contributed by atoms with Gasteiger partial charge in [-0.05, 0) is 43.7 Å². The molecule has 0 unspecified atom stereocenters. The first kappa shape index (κ1) is 11.5. The predicted molar refractivity (Wildman–Crippen MR) is 69.5 cm³/mol. The Morgan fingerprint density at radius 1 is 1.25 bits per heavy atom. The van der Waals surface area contributed by atoms with Crippen LogP contribution in [0.3, 0.4) is 0 Å². The molecule has 1 fully saturated rings. The SMILES string of the molecule is CC1CCC(CN)(Nc2ccccc2)CC1. The van der Waals surface area contributed by atoms with E-state index in [1.165, 1.54) is 31.4 Å². The Morgan fingerprint density at radius 2 is 1.88 bits per heavy atom. The van der Waals surface area contributed by atoms with Gasteiger partial charge in [-0.25, -0.2) is 0 Å². The average molecular weight is 218 g/mol. The molecule has 0 radical (unpaired) electrons. The summed E-state index contributed by atoms with van der Waals surface area (Å²) in [6, 6.07) is 10.4. The normalized spacial score (nSPS) is 30.0. The van der Waals surface area contributed by atoms with Gasteiger partial charge in [-0.2, -0.15) is 0 Å². The molecule has 1 aromatic carbocycles. The number of hydrogen-bond donors (Lipinski definition) is 2. The molecule has 0 saturated heterocycles. The summed E-state index contributed by atoms with van der Waals surface area (Å²) < 4.78 is 0. The Bertz CT molecular complexity index is 313. The van der Waals surface area contributed by atoms with Crippen molar-refractivity contribution in [2.45, 2.75) is 38.1 Å². The second-order valence-electron chi connectivity index (χ2n) is 5.16. The maximum Gasteiger partial charge on any atom is 0.0495 e.